The largest absolute Gasteiger partial charge is 0.493 e. The molecule has 0 atom stereocenters. The van der Waals surface area contributed by atoms with Gasteiger partial charge in [0.25, 0.3) is 5.91 Å². The third-order valence-electron chi connectivity index (χ3n) is 4.91. The normalized spacial score (nSPS) is 12.8. The van der Waals surface area contributed by atoms with Crippen LogP contribution in [0.2, 0.25) is 0 Å². The molecule has 0 aliphatic carbocycles. The van der Waals surface area contributed by atoms with Crippen molar-refractivity contribution < 1.29 is 14.3 Å². The lowest BCUT2D eigenvalue weighted by atomic mass is 9.99. The summed E-state index contributed by atoms with van der Waals surface area (Å²) in [5.41, 5.74) is 3.41. The van der Waals surface area contributed by atoms with Gasteiger partial charge in [-0.3, -0.25) is 4.79 Å². The number of ether oxygens (including phenoxy) is 2. The minimum absolute atomic E-state index is 0.260. The van der Waals surface area contributed by atoms with Gasteiger partial charge >= 0.3 is 0 Å². The maximum atomic E-state index is 12.6. The monoisotopic (exact) mass is 390 g/mol. The molecule has 4 rings (SSSR count). The Bertz CT molecular complexity index is 1020. The summed E-state index contributed by atoms with van der Waals surface area (Å²) in [5, 5.41) is 2.85. The predicted molar refractivity (Wildman–Crippen MR) is 111 cm³/mol. The van der Waals surface area contributed by atoms with Gasteiger partial charge in [0.2, 0.25) is 5.95 Å². The molecule has 0 spiro atoms. The summed E-state index contributed by atoms with van der Waals surface area (Å²) in [7, 11) is 3.27. The highest BCUT2D eigenvalue weighted by Crippen LogP contribution is 2.33. The van der Waals surface area contributed by atoms with E-state index in [1.165, 1.54) is 5.56 Å². The summed E-state index contributed by atoms with van der Waals surface area (Å²) in [6.07, 6.45) is 2.45. The van der Waals surface area contributed by atoms with Crippen molar-refractivity contribution in [3.05, 3.63) is 71.5 Å². The SMILES string of the molecule is COc1cc2c(cc1OC)CN(c1nccc(C(=O)Nc3ccccc3)n1)CC2. The number of aromatic nitrogens is 2. The van der Waals surface area contributed by atoms with E-state index in [2.05, 4.69) is 20.2 Å². The fourth-order valence-electron chi connectivity index (χ4n) is 3.40. The van der Waals surface area contributed by atoms with E-state index < -0.39 is 0 Å². The zero-order valence-corrected chi connectivity index (χ0v) is 16.4. The molecule has 1 aliphatic heterocycles. The molecular formula is C22H22N4O3. The molecule has 1 N–H and O–H groups in total. The Morgan fingerprint density at radius 2 is 1.76 bits per heavy atom. The minimum atomic E-state index is -0.260. The molecule has 7 heteroatoms. The lowest BCUT2D eigenvalue weighted by molar-refractivity contribution is 0.102. The second kappa shape index (κ2) is 8.18. The molecule has 7 nitrogen and oxygen atoms in total. The van der Waals surface area contributed by atoms with Gasteiger partial charge in [0.15, 0.2) is 11.5 Å². The zero-order valence-electron chi connectivity index (χ0n) is 16.4. The van der Waals surface area contributed by atoms with Crippen LogP contribution in [0.4, 0.5) is 11.6 Å². The van der Waals surface area contributed by atoms with Crippen LogP contribution >= 0.6 is 0 Å². The smallest absolute Gasteiger partial charge is 0.274 e. The second-order valence-corrected chi connectivity index (χ2v) is 6.71. The van der Waals surface area contributed by atoms with Gasteiger partial charge in [-0.1, -0.05) is 18.2 Å². The molecule has 0 unspecified atom stereocenters. The minimum Gasteiger partial charge on any atom is -0.493 e. The fourth-order valence-corrected chi connectivity index (χ4v) is 3.40. The lowest BCUT2D eigenvalue weighted by Crippen LogP contribution is -2.32. The topological polar surface area (TPSA) is 76.6 Å². The van der Waals surface area contributed by atoms with Gasteiger partial charge in [0.1, 0.15) is 5.69 Å². The van der Waals surface area contributed by atoms with Crippen LogP contribution in [-0.2, 0) is 13.0 Å². The van der Waals surface area contributed by atoms with Crippen molar-refractivity contribution in [3.63, 3.8) is 0 Å². The summed E-state index contributed by atoms with van der Waals surface area (Å²) < 4.78 is 10.8. The number of amides is 1. The maximum Gasteiger partial charge on any atom is 0.274 e. The second-order valence-electron chi connectivity index (χ2n) is 6.71. The Labute approximate surface area is 169 Å². The first kappa shape index (κ1) is 18.7. The van der Waals surface area contributed by atoms with Crippen LogP contribution < -0.4 is 19.7 Å². The summed E-state index contributed by atoms with van der Waals surface area (Å²) in [5.74, 6) is 1.70. The average molecular weight is 390 g/mol. The van der Waals surface area contributed by atoms with E-state index in [-0.39, 0.29) is 5.91 Å². The van der Waals surface area contributed by atoms with Gasteiger partial charge < -0.3 is 19.7 Å². The molecule has 1 aliphatic rings. The van der Waals surface area contributed by atoms with Gasteiger partial charge in [-0.05, 0) is 47.9 Å². The number of methoxy groups -OCH3 is 2. The van der Waals surface area contributed by atoms with Crippen molar-refractivity contribution in [3.8, 4) is 11.5 Å². The third-order valence-corrected chi connectivity index (χ3v) is 4.91. The van der Waals surface area contributed by atoms with Crippen molar-refractivity contribution in [1.82, 2.24) is 9.97 Å². The highest BCUT2D eigenvalue weighted by Gasteiger charge is 2.22. The number of rotatable bonds is 5. The van der Waals surface area contributed by atoms with Gasteiger partial charge in [-0.25, -0.2) is 9.97 Å². The van der Waals surface area contributed by atoms with E-state index in [4.69, 9.17) is 9.47 Å². The highest BCUT2D eigenvalue weighted by atomic mass is 16.5. The molecule has 1 amide bonds. The Morgan fingerprint density at radius 3 is 2.48 bits per heavy atom. The third kappa shape index (κ3) is 3.99. The van der Waals surface area contributed by atoms with Crippen molar-refractivity contribution >= 4 is 17.5 Å². The van der Waals surface area contributed by atoms with Crippen LogP contribution in [0.1, 0.15) is 21.6 Å². The number of benzene rings is 2. The molecule has 29 heavy (non-hydrogen) atoms. The summed E-state index contributed by atoms with van der Waals surface area (Å²) in [6.45, 7) is 1.39. The van der Waals surface area contributed by atoms with Crippen molar-refractivity contribution in [2.75, 3.05) is 31.0 Å². The number of carbonyl (C=O) groups is 1. The number of fused-ring (bicyclic) bond motifs is 1. The standard InChI is InChI=1S/C22H22N4O3/c1-28-19-12-15-9-11-26(14-16(15)13-20(19)29-2)22-23-10-8-18(25-22)21(27)24-17-6-4-3-5-7-17/h3-8,10,12-13H,9,11,14H2,1-2H3,(H,24,27). The molecule has 0 fully saturated rings. The summed E-state index contributed by atoms with van der Waals surface area (Å²) in [4.78, 5) is 23.5. The van der Waals surface area contributed by atoms with E-state index in [0.717, 1.165) is 30.0 Å². The first-order valence-corrected chi connectivity index (χ1v) is 9.36. The van der Waals surface area contributed by atoms with E-state index in [1.54, 1.807) is 26.5 Å². The predicted octanol–water partition coefficient (Wildman–Crippen LogP) is 3.31. The first-order valence-electron chi connectivity index (χ1n) is 9.36. The lowest BCUT2D eigenvalue weighted by Gasteiger charge is -2.29. The van der Waals surface area contributed by atoms with Gasteiger partial charge in [-0.15, -0.1) is 0 Å². The van der Waals surface area contributed by atoms with E-state index >= 15 is 0 Å². The molecule has 0 bridgehead atoms. The summed E-state index contributed by atoms with van der Waals surface area (Å²) in [6, 6.07) is 14.9. The van der Waals surface area contributed by atoms with Crippen molar-refractivity contribution in [1.29, 1.82) is 0 Å². The average Bonchev–Trinajstić information content (AvgIpc) is 2.78. The van der Waals surface area contributed by atoms with Gasteiger partial charge in [0.05, 0.1) is 14.2 Å². The molecule has 0 saturated heterocycles. The Morgan fingerprint density at radius 1 is 1.03 bits per heavy atom. The van der Waals surface area contributed by atoms with Gasteiger partial charge in [0, 0.05) is 25.0 Å². The molecule has 2 heterocycles. The number of carbonyl (C=O) groups excluding carboxylic acids is 1. The first-order chi connectivity index (χ1) is 14.2. The molecule has 1 aromatic heterocycles. The molecular weight excluding hydrogens is 368 g/mol. The van der Waals surface area contributed by atoms with Crippen molar-refractivity contribution in [2.24, 2.45) is 0 Å². The molecule has 148 valence electrons. The molecule has 0 saturated carbocycles. The van der Waals surface area contributed by atoms with Crippen LogP contribution in [0.5, 0.6) is 11.5 Å². The fraction of sp³-hybridized carbons (Fsp3) is 0.227. The highest BCUT2D eigenvalue weighted by molar-refractivity contribution is 6.02. The molecule has 0 radical (unpaired) electrons. The number of hydrogen-bond acceptors (Lipinski definition) is 6. The van der Waals surface area contributed by atoms with Crippen LogP contribution in [0.25, 0.3) is 0 Å². The number of para-hydroxylation sites is 1. The zero-order chi connectivity index (χ0) is 20.2. The number of anilines is 2. The Hall–Kier alpha value is -3.61. The quantitative estimate of drug-likeness (QED) is 0.720. The maximum absolute atomic E-state index is 12.6. The van der Waals surface area contributed by atoms with Crippen molar-refractivity contribution in [2.45, 2.75) is 13.0 Å². The molecule has 3 aromatic rings. The van der Waals surface area contributed by atoms with Crippen LogP contribution in [0, 0.1) is 0 Å². The van der Waals surface area contributed by atoms with Crippen LogP contribution in [0.3, 0.4) is 0 Å². The number of hydrogen-bond donors (Lipinski definition) is 1. The number of nitrogens with one attached hydrogen (secondary N) is 1. The Kier molecular flexibility index (Phi) is 5.29. The van der Waals surface area contributed by atoms with Crippen LogP contribution in [-0.4, -0.2) is 36.6 Å². The molecule has 2 aromatic carbocycles. The van der Waals surface area contributed by atoms with E-state index in [9.17, 15) is 4.79 Å². The van der Waals surface area contributed by atoms with E-state index in [1.807, 2.05) is 42.5 Å². The Balaban J connectivity index is 1.54. The summed E-state index contributed by atoms with van der Waals surface area (Å²) >= 11 is 0. The van der Waals surface area contributed by atoms with Crippen LogP contribution in [0.15, 0.2) is 54.7 Å². The number of nitrogens with zero attached hydrogens (tertiary/aromatic N) is 3. The van der Waals surface area contributed by atoms with E-state index in [0.29, 0.717) is 23.9 Å². The van der Waals surface area contributed by atoms with Gasteiger partial charge in [-0.2, -0.15) is 0 Å².